The minimum atomic E-state index is -1.55. The molecular formula is C23H31NO8. The molecule has 0 bridgehead atoms. The van der Waals surface area contributed by atoms with Crippen molar-refractivity contribution in [3.05, 3.63) is 71.3 Å². The molecule has 32 heavy (non-hydrogen) atoms. The van der Waals surface area contributed by atoms with Crippen LogP contribution in [0.1, 0.15) is 34.3 Å². The van der Waals surface area contributed by atoms with Crippen LogP contribution >= 0.6 is 0 Å². The van der Waals surface area contributed by atoms with Crippen LogP contribution in [0.3, 0.4) is 0 Å². The Hall–Kier alpha value is -2.66. The standard InChI is InChI=1S/C16H14O3.C7H17NO5/c1-11(16(18)19)13-8-5-9-14(10-13)15(17)12-6-3-2-4-7-12;1-8-2-4(10)6(12)7(13)5(11)3-9/h2-11H,1H3,(H,18,19);4-13H,2-3H2,1H3/t11-;4-,5+,6+,7+/m01/s1. The number of likely N-dealkylation sites (N-methyl/N-ethyl adjacent to an activating group) is 1. The molecule has 0 spiro atoms. The van der Waals surface area contributed by atoms with Gasteiger partial charge in [-0.3, -0.25) is 9.59 Å². The molecule has 0 saturated carbocycles. The van der Waals surface area contributed by atoms with Crippen LogP contribution in [0.2, 0.25) is 0 Å². The predicted molar refractivity (Wildman–Crippen MR) is 117 cm³/mol. The molecule has 0 aliphatic rings. The zero-order chi connectivity index (χ0) is 24.3. The van der Waals surface area contributed by atoms with Gasteiger partial charge in [0.25, 0.3) is 0 Å². The Balaban J connectivity index is 0.000000347. The topological polar surface area (TPSA) is 168 Å². The molecule has 2 rings (SSSR count). The molecule has 9 heteroatoms. The molecule has 0 fully saturated rings. The van der Waals surface area contributed by atoms with E-state index in [1.165, 1.54) is 0 Å². The van der Waals surface area contributed by atoms with Gasteiger partial charge in [-0.15, -0.1) is 0 Å². The average Bonchev–Trinajstić information content (AvgIpc) is 2.82. The molecule has 0 saturated heterocycles. The van der Waals surface area contributed by atoms with Gasteiger partial charge in [0.15, 0.2) is 5.78 Å². The molecule has 0 amide bonds. The molecule has 0 aliphatic carbocycles. The third-order valence-corrected chi connectivity index (χ3v) is 4.79. The lowest BCUT2D eigenvalue weighted by atomic mass is 9.96. The number of ketones is 1. The summed E-state index contributed by atoms with van der Waals surface area (Å²) in [7, 11) is 1.57. The van der Waals surface area contributed by atoms with Crippen molar-refractivity contribution in [3.8, 4) is 0 Å². The first kappa shape index (κ1) is 27.4. The normalized spacial score (nSPS) is 15.5. The van der Waals surface area contributed by atoms with Gasteiger partial charge in [-0.1, -0.05) is 48.5 Å². The van der Waals surface area contributed by atoms with Crippen LogP contribution in [-0.4, -0.2) is 87.0 Å². The van der Waals surface area contributed by atoms with E-state index in [-0.39, 0.29) is 12.3 Å². The summed E-state index contributed by atoms with van der Waals surface area (Å²) in [6.07, 6.45) is -5.65. The Labute approximate surface area is 186 Å². The molecule has 176 valence electrons. The van der Waals surface area contributed by atoms with Crippen molar-refractivity contribution in [2.45, 2.75) is 37.3 Å². The summed E-state index contributed by atoms with van der Waals surface area (Å²) in [5.41, 5.74) is 1.74. The van der Waals surface area contributed by atoms with Gasteiger partial charge in [-0.25, -0.2) is 0 Å². The average molecular weight is 450 g/mol. The number of aliphatic carboxylic acids is 1. The van der Waals surface area contributed by atoms with Gasteiger partial charge >= 0.3 is 5.97 Å². The van der Waals surface area contributed by atoms with Crippen molar-refractivity contribution in [1.82, 2.24) is 5.32 Å². The van der Waals surface area contributed by atoms with E-state index >= 15 is 0 Å². The minimum Gasteiger partial charge on any atom is -0.481 e. The van der Waals surface area contributed by atoms with Gasteiger partial charge < -0.3 is 36.0 Å². The Kier molecular flexibility index (Phi) is 11.7. The van der Waals surface area contributed by atoms with Crippen molar-refractivity contribution < 1.29 is 40.2 Å². The number of rotatable bonds is 10. The highest BCUT2D eigenvalue weighted by Gasteiger charge is 2.29. The zero-order valence-corrected chi connectivity index (χ0v) is 18.0. The Morgan fingerprint density at radius 3 is 1.97 bits per heavy atom. The number of nitrogens with one attached hydrogen (secondary N) is 1. The van der Waals surface area contributed by atoms with Crippen LogP contribution in [0.25, 0.3) is 0 Å². The second kappa shape index (κ2) is 13.7. The number of carbonyl (C=O) groups is 2. The highest BCUT2D eigenvalue weighted by Crippen LogP contribution is 2.18. The number of benzene rings is 2. The van der Waals surface area contributed by atoms with Crippen molar-refractivity contribution in [2.24, 2.45) is 0 Å². The monoisotopic (exact) mass is 449 g/mol. The molecular weight excluding hydrogens is 418 g/mol. The van der Waals surface area contributed by atoms with Gasteiger partial charge in [0, 0.05) is 17.7 Å². The number of hydrogen-bond donors (Lipinski definition) is 7. The van der Waals surface area contributed by atoms with E-state index in [0.29, 0.717) is 16.7 Å². The predicted octanol–water partition coefficient (Wildman–Crippen LogP) is -0.253. The number of carboxylic acids is 1. The maximum absolute atomic E-state index is 12.2. The first-order chi connectivity index (χ1) is 15.1. The summed E-state index contributed by atoms with van der Waals surface area (Å²) in [6, 6.07) is 15.7. The summed E-state index contributed by atoms with van der Waals surface area (Å²) < 4.78 is 0. The maximum Gasteiger partial charge on any atom is 0.310 e. The van der Waals surface area contributed by atoms with Crippen molar-refractivity contribution in [3.63, 3.8) is 0 Å². The smallest absolute Gasteiger partial charge is 0.310 e. The van der Waals surface area contributed by atoms with E-state index < -0.39 is 42.9 Å². The van der Waals surface area contributed by atoms with Crippen LogP contribution in [0, 0.1) is 0 Å². The molecule has 2 aromatic carbocycles. The summed E-state index contributed by atoms with van der Waals surface area (Å²) in [4.78, 5) is 23.2. The third kappa shape index (κ3) is 8.12. The van der Waals surface area contributed by atoms with E-state index in [9.17, 15) is 14.7 Å². The fourth-order valence-electron chi connectivity index (χ4n) is 2.74. The van der Waals surface area contributed by atoms with Crippen LogP contribution in [0.4, 0.5) is 0 Å². The highest BCUT2D eigenvalue weighted by molar-refractivity contribution is 6.09. The fraction of sp³-hybridized carbons (Fsp3) is 0.391. The molecule has 7 N–H and O–H groups in total. The summed E-state index contributed by atoms with van der Waals surface area (Å²) in [6.45, 7) is 1.04. The second-order valence-electron chi connectivity index (χ2n) is 7.24. The van der Waals surface area contributed by atoms with Crippen LogP contribution in [0.5, 0.6) is 0 Å². The van der Waals surface area contributed by atoms with Crippen molar-refractivity contribution in [2.75, 3.05) is 20.2 Å². The van der Waals surface area contributed by atoms with Crippen LogP contribution in [-0.2, 0) is 4.79 Å². The molecule has 0 aromatic heterocycles. The molecule has 0 aliphatic heterocycles. The Morgan fingerprint density at radius 1 is 0.875 bits per heavy atom. The lowest BCUT2D eigenvalue weighted by Crippen LogP contribution is -2.48. The molecule has 2 aromatic rings. The van der Waals surface area contributed by atoms with Crippen LogP contribution < -0.4 is 5.32 Å². The first-order valence-corrected chi connectivity index (χ1v) is 10.0. The van der Waals surface area contributed by atoms with E-state index in [1.807, 2.05) is 6.07 Å². The van der Waals surface area contributed by atoms with Gasteiger partial charge in [-0.05, 0) is 25.6 Å². The summed E-state index contributed by atoms with van der Waals surface area (Å²) in [5.74, 6) is -1.62. The Bertz CT molecular complexity index is 845. The number of aliphatic hydroxyl groups is 5. The van der Waals surface area contributed by atoms with Gasteiger partial charge in [0.05, 0.1) is 18.6 Å². The largest absolute Gasteiger partial charge is 0.481 e. The number of hydrogen-bond acceptors (Lipinski definition) is 8. The van der Waals surface area contributed by atoms with Gasteiger partial charge in [-0.2, -0.15) is 0 Å². The molecule has 9 nitrogen and oxygen atoms in total. The first-order valence-electron chi connectivity index (χ1n) is 10.0. The quantitative estimate of drug-likeness (QED) is 0.242. The number of carboxylic acid groups (broad SMARTS) is 1. The summed E-state index contributed by atoms with van der Waals surface area (Å²) >= 11 is 0. The van der Waals surface area contributed by atoms with Gasteiger partial charge in [0.2, 0.25) is 0 Å². The fourth-order valence-corrected chi connectivity index (χ4v) is 2.74. The SMILES string of the molecule is CNC[C@@H](O)[C@H](O)[C@@H](O)[C@@H](O)CO.C[C@H](C(=O)O)c1cccc(C(=O)c2ccccc2)c1. The molecule has 0 radical (unpaired) electrons. The van der Waals surface area contributed by atoms with Crippen molar-refractivity contribution in [1.29, 1.82) is 0 Å². The van der Waals surface area contributed by atoms with Gasteiger partial charge in [0.1, 0.15) is 18.3 Å². The lowest BCUT2D eigenvalue weighted by molar-refractivity contribution is -0.138. The maximum atomic E-state index is 12.2. The van der Waals surface area contributed by atoms with E-state index in [4.69, 9.17) is 25.5 Å². The highest BCUT2D eigenvalue weighted by atomic mass is 16.4. The van der Waals surface area contributed by atoms with E-state index in [0.717, 1.165) is 0 Å². The van der Waals surface area contributed by atoms with Crippen molar-refractivity contribution >= 4 is 11.8 Å². The van der Waals surface area contributed by atoms with Crippen LogP contribution in [0.15, 0.2) is 54.6 Å². The Morgan fingerprint density at radius 2 is 1.44 bits per heavy atom. The third-order valence-electron chi connectivity index (χ3n) is 4.79. The molecule has 0 unspecified atom stereocenters. The van der Waals surface area contributed by atoms with E-state index in [1.54, 1.807) is 62.5 Å². The van der Waals surface area contributed by atoms with E-state index in [2.05, 4.69) is 5.32 Å². The lowest BCUT2D eigenvalue weighted by Gasteiger charge is -2.25. The molecule has 5 atom stereocenters. The molecule has 0 heterocycles. The number of aliphatic hydroxyl groups excluding tert-OH is 5. The second-order valence-corrected chi connectivity index (χ2v) is 7.24. The summed E-state index contributed by atoms with van der Waals surface area (Å²) in [5, 5.41) is 56.5. The number of carbonyl (C=O) groups excluding carboxylic acids is 1. The zero-order valence-electron chi connectivity index (χ0n) is 18.0. The minimum absolute atomic E-state index is 0.0936.